The third kappa shape index (κ3) is 2.84. The molecule has 0 spiro atoms. The number of nitriles is 1. The summed E-state index contributed by atoms with van der Waals surface area (Å²) in [7, 11) is 0. The molecule has 0 atom stereocenters. The number of aryl methyl sites for hydroxylation is 1. The number of aromatic nitrogens is 2. The maximum Gasteiger partial charge on any atom is 0.323 e. The Morgan fingerprint density at radius 3 is 2.80 bits per heavy atom. The van der Waals surface area contributed by atoms with E-state index in [0.29, 0.717) is 5.69 Å². The van der Waals surface area contributed by atoms with Gasteiger partial charge in [0.25, 0.3) is 0 Å². The van der Waals surface area contributed by atoms with Gasteiger partial charge < -0.3 is 4.74 Å². The monoisotopic (exact) mass is 274 g/mol. The Labute approximate surface area is 112 Å². The number of hydrogen-bond donors (Lipinski definition) is 0. The summed E-state index contributed by atoms with van der Waals surface area (Å²) >= 11 is 0. The molecule has 0 unspecified atom stereocenters. The number of ether oxygens (including phenoxy) is 1. The molecule has 0 saturated carbocycles. The summed E-state index contributed by atoms with van der Waals surface area (Å²) in [5.41, 5.74) is 0.0761. The molecule has 0 aliphatic carbocycles. The number of rotatable bonds is 3. The number of nitro groups is 1. The SMILES string of the molecule is Cc1cc(C#N)nc(Oc2cc(F)ccc2[N+](=O)[O-])n1. The molecule has 1 aromatic carbocycles. The first kappa shape index (κ1) is 13.4. The summed E-state index contributed by atoms with van der Waals surface area (Å²) in [5.74, 6) is -1.02. The third-order valence-corrected chi connectivity index (χ3v) is 2.27. The fraction of sp³-hybridized carbons (Fsp3) is 0.0833. The van der Waals surface area contributed by atoms with E-state index >= 15 is 0 Å². The van der Waals surface area contributed by atoms with E-state index in [1.807, 2.05) is 0 Å². The molecule has 0 radical (unpaired) electrons. The number of halogens is 1. The highest BCUT2D eigenvalue weighted by atomic mass is 19.1. The molecule has 0 amide bonds. The van der Waals surface area contributed by atoms with Crippen LogP contribution in [0.2, 0.25) is 0 Å². The van der Waals surface area contributed by atoms with Gasteiger partial charge >= 0.3 is 11.7 Å². The standard InChI is InChI=1S/C12H7FN4O3/c1-7-4-9(6-14)16-12(15-7)20-11-5-8(13)2-3-10(11)17(18)19/h2-5H,1H3. The molecule has 100 valence electrons. The Balaban J connectivity index is 2.44. The first-order chi connectivity index (χ1) is 9.49. The van der Waals surface area contributed by atoms with Crippen LogP contribution in [-0.4, -0.2) is 14.9 Å². The average molecular weight is 274 g/mol. The first-order valence-corrected chi connectivity index (χ1v) is 5.37. The van der Waals surface area contributed by atoms with E-state index in [0.717, 1.165) is 18.2 Å². The van der Waals surface area contributed by atoms with Crippen molar-refractivity contribution in [3.63, 3.8) is 0 Å². The van der Waals surface area contributed by atoms with Gasteiger partial charge in [-0.1, -0.05) is 0 Å². The lowest BCUT2D eigenvalue weighted by Gasteiger charge is -2.05. The van der Waals surface area contributed by atoms with Gasteiger partial charge in [-0.05, 0) is 19.1 Å². The molecule has 0 saturated heterocycles. The Hall–Kier alpha value is -3.08. The van der Waals surface area contributed by atoms with Crippen LogP contribution in [-0.2, 0) is 0 Å². The van der Waals surface area contributed by atoms with Crippen molar-refractivity contribution in [1.82, 2.24) is 9.97 Å². The summed E-state index contributed by atoms with van der Waals surface area (Å²) in [5, 5.41) is 19.6. The number of benzene rings is 1. The molecule has 20 heavy (non-hydrogen) atoms. The van der Waals surface area contributed by atoms with Crippen LogP contribution in [0.15, 0.2) is 24.3 Å². The average Bonchev–Trinajstić information content (AvgIpc) is 2.37. The number of nitrogens with zero attached hydrogens (tertiary/aromatic N) is 4. The highest BCUT2D eigenvalue weighted by Gasteiger charge is 2.18. The zero-order valence-electron chi connectivity index (χ0n) is 10.2. The molecule has 1 aromatic heterocycles. The van der Waals surface area contributed by atoms with Gasteiger partial charge in [-0.2, -0.15) is 10.2 Å². The van der Waals surface area contributed by atoms with Crippen molar-refractivity contribution >= 4 is 5.69 Å². The molecule has 0 fully saturated rings. The molecule has 2 rings (SSSR count). The largest absolute Gasteiger partial charge is 0.417 e. The van der Waals surface area contributed by atoms with Crippen LogP contribution in [0.25, 0.3) is 0 Å². The van der Waals surface area contributed by atoms with Crippen molar-refractivity contribution < 1.29 is 14.1 Å². The minimum absolute atomic E-state index is 0.0477. The Bertz CT molecular complexity index is 727. The van der Waals surface area contributed by atoms with E-state index in [4.69, 9.17) is 10.00 Å². The summed E-state index contributed by atoms with van der Waals surface area (Å²) < 4.78 is 18.3. The van der Waals surface area contributed by atoms with Crippen molar-refractivity contribution in [1.29, 1.82) is 5.26 Å². The second kappa shape index (κ2) is 5.27. The van der Waals surface area contributed by atoms with Crippen molar-refractivity contribution in [3.05, 3.63) is 51.6 Å². The summed E-state index contributed by atoms with van der Waals surface area (Å²) in [6, 6.07) is 5.75. The second-order valence-electron chi connectivity index (χ2n) is 3.76. The molecular weight excluding hydrogens is 267 g/mol. The lowest BCUT2D eigenvalue weighted by Crippen LogP contribution is -1.99. The molecule has 1 heterocycles. The van der Waals surface area contributed by atoms with Crippen molar-refractivity contribution in [2.75, 3.05) is 0 Å². The van der Waals surface area contributed by atoms with E-state index in [9.17, 15) is 14.5 Å². The Morgan fingerprint density at radius 2 is 2.15 bits per heavy atom. The molecular formula is C12H7FN4O3. The van der Waals surface area contributed by atoms with Gasteiger partial charge in [0.2, 0.25) is 5.75 Å². The molecule has 8 heteroatoms. The van der Waals surface area contributed by atoms with Gasteiger partial charge in [0.15, 0.2) is 0 Å². The normalized spacial score (nSPS) is 9.85. The number of hydrogen-bond acceptors (Lipinski definition) is 6. The number of nitro benzene ring substituents is 1. The zero-order chi connectivity index (χ0) is 14.7. The summed E-state index contributed by atoms with van der Waals surface area (Å²) in [6.07, 6.45) is 0. The maximum atomic E-state index is 13.1. The fourth-order valence-corrected chi connectivity index (χ4v) is 1.46. The maximum absolute atomic E-state index is 13.1. The topological polar surface area (TPSA) is 102 Å². The first-order valence-electron chi connectivity index (χ1n) is 5.37. The van der Waals surface area contributed by atoms with Crippen molar-refractivity contribution in [3.8, 4) is 17.8 Å². The summed E-state index contributed by atoms with van der Waals surface area (Å²) in [4.78, 5) is 17.7. The van der Waals surface area contributed by atoms with Gasteiger partial charge in [-0.3, -0.25) is 10.1 Å². The van der Waals surface area contributed by atoms with Crippen LogP contribution < -0.4 is 4.74 Å². The van der Waals surface area contributed by atoms with E-state index in [1.54, 1.807) is 13.0 Å². The van der Waals surface area contributed by atoms with E-state index in [1.165, 1.54) is 6.07 Å². The van der Waals surface area contributed by atoms with Crippen molar-refractivity contribution in [2.45, 2.75) is 6.92 Å². The predicted molar refractivity (Wildman–Crippen MR) is 64.6 cm³/mol. The molecule has 2 aromatic rings. The van der Waals surface area contributed by atoms with E-state index in [-0.39, 0.29) is 17.5 Å². The molecule has 0 aliphatic rings. The highest BCUT2D eigenvalue weighted by molar-refractivity contribution is 5.47. The van der Waals surface area contributed by atoms with Crippen LogP contribution in [0.3, 0.4) is 0 Å². The fourth-order valence-electron chi connectivity index (χ4n) is 1.46. The third-order valence-electron chi connectivity index (χ3n) is 2.27. The minimum atomic E-state index is -0.713. The van der Waals surface area contributed by atoms with Gasteiger partial charge in [0.1, 0.15) is 17.6 Å². The Kier molecular flexibility index (Phi) is 3.52. The Morgan fingerprint density at radius 1 is 1.40 bits per heavy atom. The highest BCUT2D eigenvalue weighted by Crippen LogP contribution is 2.30. The quantitative estimate of drug-likeness (QED) is 0.629. The van der Waals surface area contributed by atoms with Gasteiger partial charge in [0.05, 0.1) is 4.92 Å². The lowest BCUT2D eigenvalue weighted by atomic mass is 10.3. The zero-order valence-corrected chi connectivity index (χ0v) is 10.2. The summed E-state index contributed by atoms with van der Waals surface area (Å²) in [6.45, 7) is 1.61. The molecule has 0 aliphatic heterocycles. The minimum Gasteiger partial charge on any atom is -0.417 e. The molecule has 7 nitrogen and oxygen atoms in total. The lowest BCUT2D eigenvalue weighted by molar-refractivity contribution is -0.385. The van der Waals surface area contributed by atoms with Crippen molar-refractivity contribution in [2.24, 2.45) is 0 Å². The van der Waals surface area contributed by atoms with Gasteiger partial charge in [-0.25, -0.2) is 9.37 Å². The predicted octanol–water partition coefficient (Wildman–Crippen LogP) is 2.50. The van der Waals surface area contributed by atoms with Crippen LogP contribution in [0.5, 0.6) is 11.8 Å². The van der Waals surface area contributed by atoms with E-state index < -0.39 is 16.4 Å². The van der Waals surface area contributed by atoms with Crippen LogP contribution in [0.4, 0.5) is 10.1 Å². The molecule has 0 bridgehead atoms. The van der Waals surface area contributed by atoms with E-state index in [2.05, 4.69) is 9.97 Å². The second-order valence-corrected chi connectivity index (χ2v) is 3.76. The van der Waals surface area contributed by atoms with Crippen LogP contribution in [0, 0.1) is 34.2 Å². The smallest absolute Gasteiger partial charge is 0.323 e. The van der Waals surface area contributed by atoms with Gasteiger partial charge in [-0.15, -0.1) is 0 Å². The van der Waals surface area contributed by atoms with Gasteiger partial charge in [0, 0.05) is 17.8 Å². The van der Waals surface area contributed by atoms with Crippen LogP contribution >= 0.6 is 0 Å². The van der Waals surface area contributed by atoms with Crippen LogP contribution in [0.1, 0.15) is 11.4 Å². The molecule has 0 N–H and O–H groups in total.